The summed E-state index contributed by atoms with van der Waals surface area (Å²) in [5.41, 5.74) is 5.73. The molecule has 4 heteroatoms. The molecule has 1 aromatic rings. The molecular formula is C17H29N3O. The van der Waals surface area contributed by atoms with Gasteiger partial charge >= 0.3 is 0 Å². The van der Waals surface area contributed by atoms with Crippen molar-refractivity contribution >= 4 is 5.84 Å². The number of pyridine rings is 1. The second-order valence-corrected chi connectivity index (χ2v) is 3.52. The van der Waals surface area contributed by atoms with Crippen LogP contribution in [0.15, 0.2) is 42.4 Å². The Morgan fingerprint density at radius 1 is 1.10 bits per heavy atom. The van der Waals surface area contributed by atoms with E-state index in [0.717, 1.165) is 11.4 Å². The van der Waals surface area contributed by atoms with E-state index in [1.165, 1.54) is 5.56 Å². The van der Waals surface area contributed by atoms with Gasteiger partial charge in [0.15, 0.2) is 12.6 Å². The Hall–Kier alpha value is -1.94. The molecule has 0 aliphatic carbocycles. The molecule has 118 valence electrons. The molecule has 0 spiro atoms. The second-order valence-electron chi connectivity index (χ2n) is 3.52. The number of hydroxylamine groups is 1. The van der Waals surface area contributed by atoms with Gasteiger partial charge in [-0.3, -0.25) is 4.84 Å². The van der Waals surface area contributed by atoms with Crippen LogP contribution in [0, 0.1) is 13.8 Å². The van der Waals surface area contributed by atoms with Crippen molar-refractivity contribution in [3.05, 3.63) is 54.4 Å². The van der Waals surface area contributed by atoms with Crippen molar-refractivity contribution in [2.24, 2.45) is 4.99 Å². The van der Waals surface area contributed by atoms with Gasteiger partial charge in [0.2, 0.25) is 0 Å². The molecule has 2 heterocycles. The number of rotatable bonds is 2. The maximum atomic E-state index is 4.90. The van der Waals surface area contributed by atoms with Crippen molar-refractivity contribution < 1.29 is 4.84 Å². The highest BCUT2D eigenvalue weighted by Crippen LogP contribution is 2.06. The summed E-state index contributed by atoms with van der Waals surface area (Å²) in [6.07, 6.45) is 3.28. The third kappa shape index (κ3) is 9.57. The number of hydrogen-bond donors (Lipinski definition) is 1. The maximum Gasteiger partial charge on any atom is 0.173 e. The number of amidine groups is 1. The molecule has 0 radical (unpaired) electrons. The van der Waals surface area contributed by atoms with E-state index in [1.807, 2.05) is 53.7 Å². The van der Waals surface area contributed by atoms with Crippen LogP contribution in [0.3, 0.4) is 0 Å². The summed E-state index contributed by atoms with van der Waals surface area (Å²) < 4.78 is 0. The summed E-state index contributed by atoms with van der Waals surface area (Å²) in [7, 11) is 0. The molecule has 0 bridgehead atoms. The van der Waals surface area contributed by atoms with E-state index in [0.29, 0.717) is 12.6 Å². The zero-order valence-electron chi connectivity index (χ0n) is 14.2. The molecule has 2 rings (SSSR count). The molecule has 0 unspecified atom stereocenters. The lowest BCUT2D eigenvalue weighted by Gasteiger charge is -2.02. The van der Waals surface area contributed by atoms with E-state index >= 15 is 0 Å². The largest absolute Gasteiger partial charge is 0.251 e. The normalized spacial score (nSPS) is 11.0. The molecule has 4 nitrogen and oxygen atoms in total. The highest BCUT2D eigenvalue weighted by atomic mass is 16.7. The molecule has 1 N–H and O–H groups in total. The minimum atomic E-state index is 0.365. The van der Waals surface area contributed by atoms with Gasteiger partial charge < -0.3 is 0 Å². The minimum Gasteiger partial charge on any atom is -0.251 e. The lowest BCUT2D eigenvalue weighted by Crippen LogP contribution is -2.19. The number of nitrogens with zero attached hydrogens (tertiary/aromatic N) is 2. The first-order chi connectivity index (χ1) is 10.2. The zero-order valence-corrected chi connectivity index (χ0v) is 14.2. The van der Waals surface area contributed by atoms with Gasteiger partial charge in [0.1, 0.15) is 5.69 Å². The SMILES string of the molecule is C=CC=C.CC.CC.Cc1cc(C)nc(C2=NCON2)c1. The van der Waals surface area contributed by atoms with Crippen molar-refractivity contribution in [3.8, 4) is 0 Å². The van der Waals surface area contributed by atoms with Gasteiger partial charge in [-0.05, 0) is 31.5 Å². The van der Waals surface area contributed by atoms with Crippen LogP contribution in [0.4, 0.5) is 0 Å². The van der Waals surface area contributed by atoms with Crippen molar-refractivity contribution in [2.75, 3.05) is 6.73 Å². The standard InChI is InChI=1S/C9H11N3O.C4H6.2C2H6/c1-6-3-7(2)11-8(4-6)9-10-5-13-12-9;1-3-4-2;2*1-2/h3-4H,5H2,1-2H3,(H,10,12);3-4H,1-2H2;2*1-2H3. The smallest absolute Gasteiger partial charge is 0.173 e. The van der Waals surface area contributed by atoms with Crippen LogP contribution in [-0.4, -0.2) is 17.6 Å². The summed E-state index contributed by atoms with van der Waals surface area (Å²) >= 11 is 0. The molecule has 0 amide bonds. The van der Waals surface area contributed by atoms with Crippen LogP contribution in [0.2, 0.25) is 0 Å². The van der Waals surface area contributed by atoms with Crippen molar-refractivity contribution in [1.29, 1.82) is 0 Å². The summed E-state index contributed by atoms with van der Waals surface area (Å²) in [5.74, 6) is 0.715. The Labute approximate surface area is 129 Å². The summed E-state index contributed by atoms with van der Waals surface area (Å²) in [6, 6.07) is 4.01. The Balaban J connectivity index is 0. The number of hydrogen-bond acceptors (Lipinski definition) is 4. The van der Waals surface area contributed by atoms with Gasteiger partial charge in [-0.25, -0.2) is 15.5 Å². The molecule has 21 heavy (non-hydrogen) atoms. The van der Waals surface area contributed by atoms with Crippen LogP contribution < -0.4 is 5.48 Å². The van der Waals surface area contributed by atoms with Crippen molar-refractivity contribution in [1.82, 2.24) is 10.5 Å². The first-order valence-electron chi connectivity index (χ1n) is 7.28. The number of aromatic nitrogens is 1. The van der Waals surface area contributed by atoms with Crippen LogP contribution in [0.1, 0.15) is 44.6 Å². The number of nitrogens with one attached hydrogen (secondary N) is 1. The zero-order chi connectivity index (χ0) is 16.7. The van der Waals surface area contributed by atoms with Gasteiger partial charge in [-0.2, -0.15) is 0 Å². The number of aliphatic imine (C=N–C) groups is 1. The van der Waals surface area contributed by atoms with Gasteiger partial charge in [0.05, 0.1) is 0 Å². The average molecular weight is 291 g/mol. The third-order valence-corrected chi connectivity index (χ3v) is 1.96. The van der Waals surface area contributed by atoms with E-state index in [1.54, 1.807) is 12.2 Å². The van der Waals surface area contributed by atoms with Gasteiger partial charge in [-0.1, -0.05) is 53.0 Å². The van der Waals surface area contributed by atoms with Crippen molar-refractivity contribution in [3.63, 3.8) is 0 Å². The maximum absolute atomic E-state index is 4.90. The molecule has 0 saturated heterocycles. The molecule has 1 aliphatic rings. The van der Waals surface area contributed by atoms with E-state index in [4.69, 9.17) is 4.84 Å². The van der Waals surface area contributed by atoms with E-state index in [-0.39, 0.29) is 0 Å². The van der Waals surface area contributed by atoms with E-state index < -0.39 is 0 Å². The predicted molar refractivity (Wildman–Crippen MR) is 92.4 cm³/mol. The summed E-state index contributed by atoms with van der Waals surface area (Å²) in [4.78, 5) is 13.3. The Kier molecular flexibility index (Phi) is 14.7. The monoisotopic (exact) mass is 291 g/mol. The minimum absolute atomic E-state index is 0.365. The van der Waals surface area contributed by atoms with Gasteiger partial charge in [0.25, 0.3) is 0 Å². The van der Waals surface area contributed by atoms with Crippen molar-refractivity contribution in [2.45, 2.75) is 41.5 Å². The topological polar surface area (TPSA) is 46.5 Å². The second kappa shape index (κ2) is 14.5. The highest BCUT2D eigenvalue weighted by molar-refractivity contribution is 5.97. The molecule has 1 aliphatic heterocycles. The lowest BCUT2D eigenvalue weighted by molar-refractivity contribution is 0.115. The fourth-order valence-corrected chi connectivity index (χ4v) is 1.33. The van der Waals surface area contributed by atoms with Crippen LogP contribution in [0.25, 0.3) is 0 Å². The quantitative estimate of drug-likeness (QED) is 0.824. The highest BCUT2D eigenvalue weighted by Gasteiger charge is 2.10. The summed E-state index contributed by atoms with van der Waals surface area (Å²) in [6.45, 7) is 19.1. The number of aryl methyl sites for hydroxylation is 2. The molecular weight excluding hydrogens is 262 g/mol. The third-order valence-electron chi connectivity index (χ3n) is 1.96. The Morgan fingerprint density at radius 3 is 2.05 bits per heavy atom. The molecule has 0 aromatic carbocycles. The molecule has 0 fully saturated rings. The first kappa shape index (κ1) is 21.4. The van der Waals surface area contributed by atoms with Gasteiger partial charge in [0, 0.05) is 5.69 Å². The average Bonchev–Trinajstić information content (AvgIpc) is 3.05. The lowest BCUT2D eigenvalue weighted by atomic mass is 10.2. The van der Waals surface area contributed by atoms with E-state index in [9.17, 15) is 0 Å². The Morgan fingerprint density at radius 2 is 1.67 bits per heavy atom. The number of allylic oxidation sites excluding steroid dienone is 2. The van der Waals surface area contributed by atoms with Gasteiger partial charge in [-0.15, -0.1) is 0 Å². The first-order valence-corrected chi connectivity index (χ1v) is 7.28. The molecule has 1 aromatic heterocycles. The van der Waals surface area contributed by atoms with Crippen LogP contribution >= 0.6 is 0 Å². The fourth-order valence-electron chi connectivity index (χ4n) is 1.33. The molecule has 0 saturated carbocycles. The predicted octanol–water partition coefficient (Wildman–Crippen LogP) is 4.35. The summed E-state index contributed by atoms with van der Waals surface area (Å²) in [5, 5.41) is 0. The van der Waals surface area contributed by atoms with Crippen LogP contribution in [-0.2, 0) is 4.84 Å². The fraction of sp³-hybridized carbons (Fsp3) is 0.412. The Bertz CT molecular complexity index is 413. The molecule has 0 atom stereocenters. The van der Waals surface area contributed by atoms with Crippen LogP contribution in [0.5, 0.6) is 0 Å². The van der Waals surface area contributed by atoms with E-state index in [2.05, 4.69) is 28.6 Å².